The van der Waals surface area contributed by atoms with E-state index in [1.807, 2.05) is 0 Å². The van der Waals surface area contributed by atoms with Crippen molar-refractivity contribution < 1.29 is 14.4 Å². The molecule has 0 heterocycles. The van der Waals surface area contributed by atoms with Crippen molar-refractivity contribution in [2.24, 2.45) is 22.2 Å². The highest BCUT2D eigenvalue weighted by atomic mass is 16.2. The van der Waals surface area contributed by atoms with Crippen LogP contribution < -0.4 is 27.8 Å². The van der Waals surface area contributed by atoms with Crippen LogP contribution in [0.25, 0.3) is 0 Å². The largest absolute Gasteiger partial charge is 0.370 e. The van der Waals surface area contributed by atoms with E-state index in [1.54, 1.807) is 0 Å². The molecule has 0 fully saturated rings. The molecule has 0 saturated carbocycles. The number of nitrogens with one attached hydrogen (secondary N) is 2. The number of guanidine groups is 1. The Hall–Kier alpha value is -2.58. The Labute approximate surface area is 212 Å². The monoisotopic (exact) mass is 494 g/mol. The number of amides is 3. The fraction of sp³-hybridized carbons (Fsp3) is 0.769. The van der Waals surface area contributed by atoms with E-state index in [9.17, 15) is 14.4 Å². The molecular formula is C26H50N6O3. The molecule has 202 valence electrons. The molecule has 0 bridgehead atoms. The molecule has 0 aliphatic carbocycles. The van der Waals surface area contributed by atoms with E-state index >= 15 is 0 Å². The van der Waals surface area contributed by atoms with Crippen LogP contribution in [0.15, 0.2) is 17.1 Å². The van der Waals surface area contributed by atoms with Crippen LogP contribution in [0.5, 0.6) is 0 Å². The number of hydrogen-bond donors (Lipinski definition) is 5. The number of rotatable bonds is 23. The molecule has 0 saturated heterocycles. The van der Waals surface area contributed by atoms with Gasteiger partial charge in [-0.25, -0.2) is 0 Å². The third-order valence-corrected chi connectivity index (χ3v) is 5.74. The summed E-state index contributed by atoms with van der Waals surface area (Å²) in [4.78, 5) is 39.3. The van der Waals surface area contributed by atoms with Crippen molar-refractivity contribution >= 4 is 23.7 Å². The van der Waals surface area contributed by atoms with Crippen LogP contribution in [0.3, 0.4) is 0 Å². The molecule has 8 N–H and O–H groups in total. The Morgan fingerprint density at radius 3 is 1.91 bits per heavy atom. The highest BCUT2D eigenvalue weighted by Gasteiger charge is 2.17. The minimum atomic E-state index is -0.820. The van der Waals surface area contributed by atoms with Gasteiger partial charge in [-0.1, -0.05) is 70.4 Å². The van der Waals surface area contributed by atoms with Crippen molar-refractivity contribution in [1.82, 2.24) is 10.6 Å². The lowest BCUT2D eigenvalue weighted by Gasteiger charge is -2.15. The van der Waals surface area contributed by atoms with Crippen LogP contribution in [0.1, 0.15) is 110 Å². The van der Waals surface area contributed by atoms with Crippen molar-refractivity contribution in [2.75, 3.05) is 13.1 Å². The van der Waals surface area contributed by atoms with Gasteiger partial charge < -0.3 is 27.8 Å². The Bertz CT molecular complexity index is 633. The Kier molecular flexibility index (Phi) is 21.5. The Morgan fingerprint density at radius 1 is 0.771 bits per heavy atom. The number of carbonyl (C=O) groups is 3. The number of nitrogens with zero attached hydrogens (tertiary/aromatic N) is 1. The average Bonchev–Trinajstić information content (AvgIpc) is 2.81. The first kappa shape index (κ1) is 32.4. The molecule has 0 aromatic rings. The molecule has 9 heteroatoms. The van der Waals surface area contributed by atoms with Gasteiger partial charge in [0.2, 0.25) is 17.7 Å². The van der Waals surface area contributed by atoms with E-state index in [-0.39, 0.29) is 18.4 Å². The third kappa shape index (κ3) is 23.0. The predicted molar refractivity (Wildman–Crippen MR) is 143 cm³/mol. The predicted octanol–water partition coefficient (Wildman–Crippen LogP) is 3.16. The number of carbonyl (C=O) groups excluding carboxylic acids is 3. The van der Waals surface area contributed by atoms with Gasteiger partial charge in [0.25, 0.3) is 0 Å². The SMILES string of the molecule is CCCCCCCC/C=C\CCCCCCCC(=O)NCC(=O)N[C@@H](CCCN=C(N)N)C(N)=O. The lowest BCUT2D eigenvalue weighted by molar-refractivity contribution is -0.128. The van der Waals surface area contributed by atoms with Gasteiger partial charge in [0.15, 0.2) is 5.96 Å². The first-order valence-corrected chi connectivity index (χ1v) is 13.4. The van der Waals surface area contributed by atoms with E-state index in [0.29, 0.717) is 25.8 Å². The lowest BCUT2D eigenvalue weighted by atomic mass is 10.1. The highest BCUT2D eigenvalue weighted by Crippen LogP contribution is 2.10. The van der Waals surface area contributed by atoms with Crippen LogP contribution in [0.2, 0.25) is 0 Å². The summed E-state index contributed by atoms with van der Waals surface area (Å²) in [7, 11) is 0. The van der Waals surface area contributed by atoms with Gasteiger partial charge in [-0.15, -0.1) is 0 Å². The van der Waals surface area contributed by atoms with Crippen LogP contribution in [-0.4, -0.2) is 42.8 Å². The Morgan fingerprint density at radius 2 is 1.34 bits per heavy atom. The summed E-state index contributed by atoms with van der Waals surface area (Å²) < 4.78 is 0. The summed E-state index contributed by atoms with van der Waals surface area (Å²) in [5.41, 5.74) is 15.8. The molecule has 1 atom stereocenters. The van der Waals surface area contributed by atoms with E-state index in [2.05, 4.69) is 34.7 Å². The minimum absolute atomic E-state index is 0.0291. The summed E-state index contributed by atoms with van der Waals surface area (Å²) in [6.07, 6.45) is 21.5. The first-order valence-electron chi connectivity index (χ1n) is 13.4. The first-order chi connectivity index (χ1) is 16.9. The fourth-order valence-corrected chi connectivity index (χ4v) is 3.66. The zero-order valence-corrected chi connectivity index (χ0v) is 21.9. The maximum absolute atomic E-state index is 12.0. The van der Waals surface area contributed by atoms with Gasteiger partial charge in [0.1, 0.15) is 6.04 Å². The van der Waals surface area contributed by atoms with E-state index in [4.69, 9.17) is 17.2 Å². The number of hydrogen-bond acceptors (Lipinski definition) is 4. The van der Waals surface area contributed by atoms with Crippen molar-refractivity contribution in [2.45, 2.75) is 116 Å². The maximum atomic E-state index is 12.0. The summed E-state index contributed by atoms with van der Waals surface area (Å²) in [5.74, 6) is -1.28. The quantitative estimate of drug-likeness (QED) is 0.0636. The van der Waals surface area contributed by atoms with Gasteiger partial charge in [-0.2, -0.15) is 0 Å². The second-order valence-electron chi connectivity index (χ2n) is 9.08. The summed E-state index contributed by atoms with van der Waals surface area (Å²) >= 11 is 0. The number of primary amides is 1. The van der Waals surface area contributed by atoms with Gasteiger partial charge in [0.05, 0.1) is 6.54 Å². The average molecular weight is 495 g/mol. The third-order valence-electron chi connectivity index (χ3n) is 5.74. The molecule has 0 spiro atoms. The maximum Gasteiger partial charge on any atom is 0.240 e. The van der Waals surface area contributed by atoms with Crippen molar-refractivity contribution in [3.8, 4) is 0 Å². The molecule has 3 amide bonds. The highest BCUT2D eigenvalue weighted by molar-refractivity contribution is 5.89. The minimum Gasteiger partial charge on any atom is -0.370 e. The summed E-state index contributed by atoms with van der Waals surface area (Å²) in [5, 5.41) is 5.13. The second kappa shape index (κ2) is 23.2. The van der Waals surface area contributed by atoms with Crippen molar-refractivity contribution in [3.05, 3.63) is 12.2 Å². The van der Waals surface area contributed by atoms with E-state index in [0.717, 1.165) is 25.7 Å². The van der Waals surface area contributed by atoms with Crippen molar-refractivity contribution in [3.63, 3.8) is 0 Å². The molecular weight excluding hydrogens is 444 g/mol. The molecule has 0 aliphatic rings. The van der Waals surface area contributed by atoms with Gasteiger partial charge in [0, 0.05) is 13.0 Å². The van der Waals surface area contributed by atoms with Crippen LogP contribution in [-0.2, 0) is 14.4 Å². The van der Waals surface area contributed by atoms with Gasteiger partial charge in [-0.3, -0.25) is 19.4 Å². The topological polar surface area (TPSA) is 166 Å². The molecule has 0 aliphatic heterocycles. The zero-order chi connectivity index (χ0) is 26.2. The fourth-order valence-electron chi connectivity index (χ4n) is 3.66. The summed E-state index contributed by atoms with van der Waals surface area (Å²) in [6.45, 7) is 2.41. The van der Waals surface area contributed by atoms with E-state index < -0.39 is 17.9 Å². The molecule has 0 unspecified atom stereocenters. The Balaban J connectivity index is 3.69. The van der Waals surface area contributed by atoms with Gasteiger partial charge >= 0.3 is 0 Å². The smallest absolute Gasteiger partial charge is 0.240 e. The molecule has 35 heavy (non-hydrogen) atoms. The normalized spacial score (nSPS) is 11.8. The lowest BCUT2D eigenvalue weighted by Crippen LogP contribution is -2.48. The van der Waals surface area contributed by atoms with Gasteiger partial charge in [-0.05, 0) is 44.9 Å². The summed E-state index contributed by atoms with van der Waals surface area (Å²) in [6, 6.07) is -0.820. The van der Waals surface area contributed by atoms with Crippen LogP contribution >= 0.6 is 0 Å². The number of allylic oxidation sites excluding steroid dienone is 2. The van der Waals surface area contributed by atoms with Crippen LogP contribution in [0.4, 0.5) is 0 Å². The number of aliphatic imine (C=N–C) groups is 1. The molecule has 0 aromatic carbocycles. The molecule has 0 aromatic heterocycles. The van der Waals surface area contributed by atoms with Crippen molar-refractivity contribution in [1.29, 1.82) is 0 Å². The second-order valence-corrected chi connectivity index (χ2v) is 9.08. The number of unbranched alkanes of at least 4 members (excludes halogenated alkanes) is 11. The molecule has 0 rings (SSSR count). The molecule has 9 nitrogen and oxygen atoms in total. The van der Waals surface area contributed by atoms with E-state index in [1.165, 1.54) is 57.8 Å². The number of nitrogens with two attached hydrogens (primary N) is 3. The van der Waals surface area contributed by atoms with Crippen LogP contribution in [0, 0.1) is 0 Å². The zero-order valence-electron chi connectivity index (χ0n) is 21.9. The standard InChI is InChI=1S/C26H50N6O3/c1-2-3-4-5-6-7-8-9-10-11-12-13-14-15-16-19-23(33)31-21-24(34)32-22(25(27)35)18-17-20-30-26(28)29/h9-10,22H,2-8,11-21H2,1H3,(H2,27,35)(H,31,33)(H,32,34)(H4,28,29,30)/b10-9-/t22-/m0/s1. The molecule has 0 radical (unpaired) electrons.